The van der Waals surface area contributed by atoms with E-state index >= 15 is 0 Å². The lowest BCUT2D eigenvalue weighted by molar-refractivity contribution is -0.0325. The molecule has 0 aromatic carbocycles. The molecule has 3 aliphatic rings. The summed E-state index contributed by atoms with van der Waals surface area (Å²) in [6.45, 7) is 4.43. The van der Waals surface area contributed by atoms with Crippen LogP contribution in [-0.2, 0) is 4.74 Å². The van der Waals surface area contributed by atoms with E-state index in [0.29, 0.717) is 12.2 Å². The van der Waals surface area contributed by atoms with Gasteiger partial charge in [-0.25, -0.2) is 0 Å². The van der Waals surface area contributed by atoms with Gasteiger partial charge < -0.3 is 4.74 Å². The molecule has 0 amide bonds. The molecule has 3 rings (SSSR count). The average Bonchev–Trinajstić information content (AvgIpc) is 2.54. The van der Waals surface area contributed by atoms with Crippen LogP contribution in [0.5, 0.6) is 0 Å². The lowest BCUT2D eigenvalue weighted by atomic mass is 9.97. The Labute approximate surface area is 80.8 Å². The van der Waals surface area contributed by atoms with Crippen molar-refractivity contribution in [1.29, 1.82) is 0 Å². The molecule has 0 radical (unpaired) electrons. The lowest BCUT2D eigenvalue weighted by Gasteiger charge is -2.25. The van der Waals surface area contributed by atoms with Crippen LogP contribution in [0.25, 0.3) is 0 Å². The second kappa shape index (κ2) is 2.50. The summed E-state index contributed by atoms with van der Waals surface area (Å²) >= 11 is 0. The van der Waals surface area contributed by atoms with Gasteiger partial charge in [0.05, 0.1) is 12.2 Å². The molecule has 5 unspecified atom stereocenters. The molecule has 0 heterocycles. The molecule has 1 nitrogen and oxygen atoms in total. The minimum Gasteiger partial charge on any atom is -0.375 e. The van der Waals surface area contributed by atoms with Gasteiger partial charge in [0.15, 0.2) is 0 Å². The molecule has 5 atom stereocenters. The van der Waals surface area contributed by atoms with E-state index in [4.69, 9.17) is 4.74 Å². The summed E-state index contributed by atoms with van der Waals surface area (Å²) in [6.07, 6.45) is 8.20. The minimum atomic E-state index is 0.484. The van der Waals surface area contributed by atoms with E-state index < -0.39 is 0 Å². The highest BCUT2D eigenvalue weighted by molar-refractivity contribution is 5.16. The van der Waals surface area contributed by atoms with Crippen LogP contribution in [0.2, 0.25) is 0 Å². The first-order chi connectivity index (χ1) is 6.23. The smallest absolute Gasteiger partial charge is 0.0612 e. The number of ether oxygens (including phenoxy) is 1. The summed E-state index contributed by atoms with van der Waals surface area (Å²) in [5.41, 5.74) is 0.808. The monoisotopic (exact) mass is 180 g/mol. The third-order valence-electron chi connectivity index (χ3n) is 4.73. The fourth-order valence-corrected chi connectivity index (χ4v) is 3.72. The highest BCUT2D eigenvalue weighted by atomic mass is 16.5. The minimum absolute atomic E-state index is 0.484. The number of fused-ring (bicyclic) bond motifs is 1. The summed E-state index contributed by atoms with van der Waals surface area (Å²) in [7, 11) is 0. The largest absolute Gasteiger partial charge is 0.375 e. The van der Waals surface area contributed by atoms with Crippen molar-refractivity contribution < 1.29 is 4.74 Å². The fraction of sp³-hybridized carbons (Fsp3) is 1.00. The Hall–Kier alpha value is -0.0400. The van der Waals surface area contributed by atoms with E-state index in [1.807, 2.05) is 0 Å². The van der Waals surface area contributed by atoms with Gasteiger partial charge in [0, 0.05) is 0 Å². The molecule has 0 aliphatic heterocycles. The molecule has 2 bridgehead atoms. The maximum Gasteiger partial charge on any atom is 0.0612 e. The van der Waals surface area contributed by atoms with Crippen molar-refractivity contribution in [2.45, 2.75) is 58.2 Å². The van der Waals surface area contributed by atoms with Gasteiger partial charge in [-0.3, -0.25) is 0 Å². The third kappa shape index (κ3) is 1.09. The SMILES string of the molecule is CCC(C)OC1CC23CC1CC2C3. The molecule has 3 fully saturated rings. The first kappa shape index (κ1) is 8.28. The quantitative estimate of drug-likeness (QED) is 0.648. The Kier molecular flexibility index (Phi) is 1.59. The molecule has 3 saturated carbocycles. The molecule has 0 N–H and O–H groups in total. The van der Waals surface area contributed by atoms with Crippen LogP contribution in [0, 0.1) is 17.3 Å². The van der Waals surface area contributed by atoms with Crippen LogP contribution >= 0.6 is 0 Å². The van der Waals surface area contributed by atoms with Gasteiger partial charge in [0.2, 0.25) is 0 Å². The van der Waals surface area contributed by atoms with Gasteiger partial charge in [0.1, 0.15) is 0 Å². The third-order valence-corrected chi connectivity index (χ3v) is 4.73. The first-order valence-corrected chi connectivity index (χ1v) is 5.89. The van der Waals surface area contributed by atoms with E-state index in [0.717, 1.165) is 17.3 Å². The number of hydrogen-bond acceptors (Lipinski definition) is 1. The summed E-state index contributed by atoms with van der Waals surface area (Å²) in [5.74, 6) is 2.06. The van der Waals surface area contributed by atoms with Gasteiger partial charge in [-0.2, -0.15) is 0 Å². The maximum atomic E-state index is 6.09. The number of hydrogen-bond donors (Lipinski definition) is 0. The van der Waals surface area contributed by atoms with E-state index in [1.165, 1.54) is 32.1 Å². The normalized spacial score (nSPS) is 53.5. The van der Waals surface area contributed by atoms with Crippen LogP contribution in [0.4, 0.5) is 0 Å². The van der Waals surface area contributed by atoms with Crippen molar-refractivity contribution in [2.24, 2.45) is 17.3 Å². The van der Waals surface area contributed by atoms with Gasteiger partial charge in [0.25, 0.3) is 0 Å². The van der Waals surface area contributed by atoms with Crippen LogP contribution in [-0.4, -0.2) is 12.2 Å². The predicted molar refractivity (Wildman–Crippen MR) is 52.5 cm³/mol. The standard InChI is InChI=1S/C12H20O/c1-3-8(2)13-11-7-12-5-9(11)4-10(12)6-12/h8-11H,3-7H2,1-2H3. The van der Waals surface area contributed by atoms with Crippen molar-refractivity contribution in [3.63, 3.8) is 0 Å². The molecule has 74 valence electrons. The van der Waals surface area contributed by atoms with E-state index in [-0.39, 0.29) is 0 Å². The Morgan fingerprint density at radius 2 is 2.23 bits per heavy atom. The summed E-state index contributed by atoms with van der Waals surface area (Å²) in [6, 6.07) is 0. The van der Waals surface area contributed by atoms with Crippen LogP contribution in [0.3, 0.4) is 0 Å². The Morgan fingerprint density at radius 3 is 2.77 bits per heavy atom. The topological polar surface area (TPSA) is 9.23 Å². The molecule has 0 saturated heterocycles. The average molecular weight is 180 g/mol. The summed E-state index contributed by atoms with van der Waals surface area (Å²) in [5, 5.41) is 0. The molecular weight excluding hydrogens is 160 g/mol. The maximum absolute atomic E-state index is 6.09. The highest BCUT2D eigenvalue weighted by Gasteiger charge is 2.66. The van der Waals surface area contributed by atoms with Gasteiger partial charge in [-0.1, -0.05) is 6.92 Å². The second-order valence-electron chi connectivity index (χ2n) is 5.56. The first-order valence-electron chi connectivity index (χ1n) is 5.89. The van der Waals surface area contributed by atoms with Crippen LogP contribution in [0.1, 0.15) is 46.0 Å². The van der Waals surface area contributed by atoms with Crippen LogP contribution < -0.4 is 0 Å². The van der Waals surface area contributed by atoms with E-state index in [1.54, 1.807) is 0 Å². The fourth-order valence-electron chi connectivity index (χ4n) is 3.72. The predicted octanol–water partition coefficient (Wildman–Crippen LogP) is 2.99. The van der Waals surface area contributed by atoms with Gasteiger partial charge >= 0.3 is 0 Å². The molecule has 13 heavy (non-hydrogen) atoms. The van der Waals surface area contributed by atoms with Gasteiger partial charge in [-0.15, -0.1) is 0 Å². The summed E-state index contributed by atoms with van der Waals surface area (Å²) < 4.78 is 6.09. The zero-order valence-corrected chi connectivity index (χ0v) is 8.75. The molecule has 1 heteroatoms. The van der Waals surface area contributed by atoms with Crippen molar-refractivity contribution in [3.8, 4) is 0 Å². The van der Waals surface area contributed by atoms with Crippen molar-refractivity contribution >= 4 is 0 Å². The van der Waals surface area contributed by atoms with Gasteiger partial charge in [-0.05, 0) is 56.3 Å². The zero-order chi connectivity index (χ0) is 9.05. The molecule has 0 aromatic rings. The lowest BCUT2D eigenvalue weighted by Crippen LogP contribution is -2.25. The molecular formula is C12H20O. The van der Waals surface area contributed by atoms with Crippen molar-refractivity contribution in [2.75, 3.05) is 0 Å². The van der Waals surface area contributed by atoms with E-state index in [9.17, 15) is 0 Å². The second-order valence-corrected chi connectivity index (χ2v) is 5.56. The molecule has 3 aliphatic carbocycles. The van der Waals surface area contributed by atoms with E-state index in [2.05, 4.69) is 13.8 Å². The number of rotatable bonds is 3. The molecule has 0 aromatic heterocycles. The Balaban J connectivity index is 1.63. The zero-order valence-electron chi connectivity index (χ0n) is 8.75. The van der Waals surface area contributed by atoms with Crippen LogP contribution in [0.15, 0.2) is 0 Å². The Bertz CT molecular complexity index is 225. The highest BCUT2D eigenvalue weighted by Crippen LogP contribution is 2.73. The summed E-state index contributed by atoms with van der Waals surface area (Å²) in [4.78, 5) is 0. The molecule has 1 spiro atoms. The van der Waals surface area contributed by atoms with Crippen molar-refractivity contribution in [1.82, 2.24) is 0 Å². The Morgan fingerprint density at radius 1 is 1.38 bits per heavy atom. The van der Waals surface area contributed by atoms with Crippen molar-refractivity contribution in [3.05, 3.63) is 0 Å².